The van der Waals surface area contributed by atoms with Gasteiger partial charge in [0.25, 0.3) is 0 Å². The molecule has 2 saturated heterocycles. The Bertz CT molecular complexity index is 894. The van der Waals surface area contributed by atoms with Gasteiger partial charge in [-0.3, -0.25) is 5.41 Å². The first kappa shape index (κ1) is 18.5. The van der Waals surface area contributed by atoms with Crippen molar-refractivity contribution in [2.75, 3.05) is 0 Å². The fourth-order valence-corrected chi connectivity index (χ4v) is 4.84. The highest BCUT2D eigenvalue weighted by atomic mass is 35.5. The second kappa shape index (κ2) is 5.86. The highest BCUT2D eigenvalue weighted by molar-refractivity contribution is 6.36. The van der Waals surface area contributed by atoms with E-state index in [1.807, 2.05) is 12.1 Å². The summed E-state index contributed by atoms with van der Waals surface area (Å²) in [6.07, 6.45) is -0.880. The Hall–Kier alpha value is -2.30. The summed E-state index contributed by atoms with van der Waals surface area (Å²) in [6.45, 7) is 3.40. The van der Waals surface area contributed by atoms with E-state index < -0.39 is 34.5 Å². The third-order valence-corrected chi connectivity index (χ3v) is 6.04. The molecule has 4 atom stereocenters. The fourth-order valence-electron chi connectivity index (χ4n) is 4.24. The molecule has 0 saturated carbocycles. The van der Waals surface area contributed by atoms with Crippen LogP contribution in [0.2, 0.25) is 10.0 Å². The van der Waals surface area contributed by atoms with Crippen LogP contribution in [0.5, 0.6) is 0 Å². The van der Waals surface area contributed by atoms with Crippen molar-refractivity contribution in [1.29, 1.82) is 21.2 Å². The summed E-state index contributed by atoms with van der Waals surface area (Å²) in [7, 11) is 0. The van der Waals surface area contributed by atoms with Crippen molar-refractivity contribution in [2.24, 2.45) is 16.7 Å². The van der Waals surface area contributed by atoms with E-state index in [9.17, 15) is 15.8 Å². The van der Waals surface area contributed by atoms with Crippen molar-refractivity contribution in [1.82, 2.24) is 0 Å². The van der Waals surface area contributed by atoms with Crippen LogP contribution in [0.25, 0.3) is 0 Å². The number of nitriles is 3. The van der Waals surface area contributed by atoms with Crippen LogP contribution in [0.4, 0.5) is 0 Å². The summed E-state index contributed by atoms with van der Waals surface area (Å²) in [5.74, 6) is -2.47. The second-order valence-electron chi connectivity index (χ2n) is 6.49. The monoisotopic (exact) mass is 388 g/mol. The molecule has 0 radical (unpaired) electrons. The van der Waals surface area contributed by atoms with E-state index in [1.165, 1.54) is 0 Å². The Morgan fingerprint density at radius 2 is 1.73 bits per heavy atom. The number of benzene rings is 1. The number of hydrogen-bond donors (Lipinski definition) is 1. The first-order valence-electron chi connectivity index (χ1n) is 7.91. The van der Waals surface area contributed by atoms with Crippen molar-refractivity contribution in [3.63, 3.8) is 0 Å². The number of nitrogens with zero attached hydrogens (tertiary/aromatic N) is 3. The number of fused-ring (bicyclic) bond motifs is 2. The molecule has 3 rings (SSSR count). The molecule has 0 spiro atoms. The molecular weight excluding hydrogens is 375 g/mol. The summed E-state index contributed by atoms with van der Waals surface area (Å²) >= 11 is 12.6. The van der Waals surface area contributed by atoms with Crippen LogP contribution in [0.15, 0.2) is 18.2 Å². The molecule has 2 aliphatic heterocycles. The van der Waals surface area contributed by atoms with Crippen molar-refractivity contribution < 1.29 is 9.47 Å². The average Bonchev–Trinajstić information content (AvgIpc) is 2.78. The molecule has 0 aromatic heterocycles. The van der Waals surface area contributed by atoms with Gasteiger partial charge in [-0.05, 0) is 18.6 Å². The molecule has 0 amide bonds. The minimum absolute atomic E-state index is 0.204. The van der Waals surface area contributed by atoms with E-state index >= 15 is 0 Å². The van der Waals surface area contributed by atoms with Gasteiger partial charge >= 0.3 is 0 Å². The lowest BCUT2D eigenvalue weighted by Crippen LogP contribution is -2.58. The number of nitrogens with one attached hydrogen (secondary N) is 1. The van der Waals surface area contributed by atoms with E-state index in [4.69, 9.17) is 38.1 Å². The summed E-state index contributed by atoms with van der Waals surface area (Å²) in [6, 6.07) is 10.7. The van der Waals surface area contributed by atoms with Gasteiger partial charge in [0.05, 0.1) is 24.1 Å². The first-order chi connectivity index (χ1) is 12.3. The molecule has 2 heterocycles. The molecule has 26 heavy (non-hydrogen) atoms. The van der Waals surface area contributed by atoms with Crippen LogP contribution in [0, 0.1) is 56.2 Å². The minimum atomic E-state index is -2.05. The Labute approximate surface area is 160 Å². The van der Waals surface area contributed by atoms with Crippen LogP contribution in [0.3, 0.4) is 0 Å². The normalized spacial score (nSPS) is 34.3. The van der Waals surface area contributed by atoms with Gasteiger partial charge in [-0.2, -0.15) is 15.8 Å². The van der Waals surface area contributed by atoms with E-state index in [0.29, 0.717) is 6.42 Å². The van der Waals surface area contributed by atoms with Gasteiger partial charge in [-0.1, -0.05) is 36.2 Å². The Kier molecular flexibility index (Phi) is 4.17. The molecule has 0 aliphatic carbocycles. The third-order valence-electron chi connectivity index (χ3n) is 5.38. The molecule has 8 heteroatoms. The summed E-state index contributed by atoms with van der Waals surface area (Å²) < 4.78 is 11.7. The molecule has 1 aromatic rings. The molecule has 2 aliphatic rings. The summed E-state index contributed by atoms with van der Waals surface area (Å²) in [5, 5.41) is 38.9. The van der Waals surface area contributed by atoms with Crippen LogP contribution < -0.4 is 0 Å². The van der Waals surface area contributed by atoms with Gasteiger partial charge in [0.2, 0.25) is 17.1 Å². The van der Waals surface area contributed by atoms with E-state index in [0.717, 1.165) is 0 Å². The van der Waals surface area contributed by atoms with Gasteiger partial charge in [-0.25, -0.2) is 0 Å². The number of rotatable bonds is 2. The molecule has 2 fully saturated rings. The van der Waals surface area contributed by atoms with Crippen LogP contribution in [0.1, 0.15) is 31.9 Å². The third kappa shape index (κ3) is 1.91. The van der Waals surface area contributed by atoms with E-state index in [1.54, 1.807) is 32.0 Å². The number of ether oxygens (including phenoxy) is 2. The highest BCUT2D eigenvalue weighted by Crippen LogP contribution is 2.67. The maximum atomic E-state index is 10.1. The van der Waals surface area contributed by atoms with Gasteiger partial charge < -0.3 is 9.47 Å². The van der Waals surface area contributed by atoms with Crippen molar-refractivity contribution in [3.8, 4) is 18.2 Å². The van der Waals surface area contributed by atoms with E-state index in [2.05, 4.69) is 6.07 Å². The Balaban J connectivity index is 2.40. The lowest BCUT2D eigenvalue weighted by Gasteiger charge is -2.48. The van der Waals surface area contributed by atoms with Crippen molar-refractivity contribution in [3.05, 3.63) is 33.8 Å². The maximum Gasteiger partial charge on any atom is 0.214 e. The lowest BCUT2D eigenvalue weighted by molar-refractivity contribution is -0.273. The zero-order valence-electron chi connectivity index (χ0n) is 14.0. The van der Waals surface area contributed by atoms with Crippen LogP contribution in [-0.2, 0) is 9.47 Å². The lowest BCUT2D eigenvalue weighted by atomic mass is 9.53. The SMILES string of the molecule is CCC1C2(C)OC(=N)C1(C#N)C(C#N)(C#N)C(c1c(Cl)cccc1Cl)O2. The van der Waals surface area contributed by atoms with Crippen molar-refractivity contribution in [2.45, 2.75) is 32.2 Å². The Morgan fingerprint density at radius 1 is 1.15 bits per heavy atom. The minimum Gasteiger partial charge on any atom is -0.448 e. The predicted octanol–water partition coefficient (Wildman–Crippen LogP) is 4.36. The number of hydrogen-bond acceptors (Lipinski definition) is 6. The number of halogens is 2. The van der Waals surface area contributed by atoms with Gasteiger partial charge in [0, 0.05) is 22.5 Å². The molecular formula is C18H14Cl2N4O2. The van der Waals surface area contributed by atoms with Crippen molar-refractivity contribution >= 4 is 29.1 Å². The second-order valence-corrected chi connectivity index (χ2v) is 7.31. The van der Waals surface area contributed by atoms with E-state index in [-0.39, 0.29) is 15.6 Å². The maximum absolute atomic E-state index is 10.1. The topological polar surface area (TPSA) is 114 Å². The molecule has 2 bridgehead atoms. The molecule has 6 nitrogen and oxygen atoms in total. The highest BCUT2D eigenvalue weighted by Gasteiger charge is 2.79. The average molecular weight is 389 g/mol. The van der Waals surface area contributed by atoms with Gasteiger partial charge in [0.1, 0.15) is 6.10 Å². The zero-order chi connectivity index (χ0) is 19.3. The summed E-state index contributed by atoms with van der Waals surface area (Å²) in [5.41, 5.74) is -3.62. The summed E-state index contributed by atoms with van der Waals surface area (Å²) in [4.78, 5) is 0. The zero-order valence-corrected chi connectivity index (χ0v) is 15.5. The molecule has 1 aromatic carbocycles. The standard InChI is InChI=1S/C18H14Cl2N4O2/c1-3-12-16(2)25-14(13-10(19)5-4-6-11(13)20)17(7-21,8-22)18(12,9-23)15(24)26-16/h4-6,12,14,24H,3H2,1-2H3. The van der Waals surface area contributed by atoms with Crippen LogP contribution in [-0.4, -0.2) is 11.7 Å². The smallest absolute Gasteiger partial charge is 0.214 e. The largest absolute Gasteiger partial charge is 0.448 e. The quantitative estimate of drug-likeness (QED) is 0.807. The fraction of sp³-hybridized carbons (Fsp3) is 0.444. The molecule has 1 N–H and O–H groups in total. The first-order valence-corrected chi connectivity index (χ1v) is 8.67. The van der Waals surface area contributed by atoms with Gasteiger partial charge in [-0.15, -0.1) is 0 Å². The molecule has 132 valence electrons. The molecule has 4 unspecified atom stereocenters. The predicted molar refractivity (Wildman–Crippen MR) is 93.0 cm³/mol. The Morgan fingerprint density at radius 3 is 2.19 bits per heavy atom. The van der Waals surface area contributed by atoms with Gasteiger partial charge in [0.15, 0.2) is 5.41 Å². The van der Waals surface area contributed by atoms with Crippen LogP contribution >= 0.6 is 23.2 Å².